The van der Waals surface area contributed by atoms with E-state index in [0.29, 0.717) is 26.3 Å². The van der Waals surface area contributed by atoms with Crippen molar-refractivity contribution in [3.63, 3.8) is 0 Å². The van der Waals surface area contributed by atoms with Gasteiger partial charge >= 0.3 is 0 Å². The SMILES string of the molecule is CC(CNC(=O)C1COCCN1)Oc1ccccc1Br.Cl. The van der Waals surface area contributed by atoms with Gasteiger partial charge in [0.25, 0.3) is 0 Å². The van der Waals surface area contributed by atoms with E-state index < -0.39 is 0 Å². The summed E-state index contributed by atoms with van der Waals surface area (Å²) in [6, 6.07) is 7.38. The number of hydrogen-bond acceptors (Lipinski definition) is 4. The first kappa shape index (κ1) is 18.2. The summed E-state index contributed by atoms with van der Waals surface area (Å²) in [6.07, 6.45) is -0.109. The van der Waals surface area contributed by atoms with Crippen LogP contribution in [0.2, 0.25) is 0 Å². The van der Waals surface area contributed by atoms with Crippen LogP contribution in [0, 0.1) is 0 Å². The first-order valence-electron chi connectivity index (χ1n) is 6.67. The molecule has 0 bridgehead atoms. The molecule has 7 heteroatoms. The molecular formula is C14H20BrClN2O3. The van der Waals surface area contributed by atoms with Crippen LogP contribution >= 0.6 is 28.3 Å². The highest BCUT2D eigenvalue weighted by molar-refractivity contribution is 9.10. The molecule has 1 amide bonds. The molecule has 0 aliphatic carbocycles. The Hall–Kier alpha value is -0.820. The molecule has 5 nitrogen and oxygen atoms in total. The minimum Gasteiger partial charge on any atom is -0.488 e. The maximum Gasteiger partial charge on any atom is 0.239 e. The number of rotatable bonds is 5. The lowest BCUT2D eigenvalue weighted by Gasteiger charge is -2.24. The van der Waals surface area contributed by atoms with Gasteiger partial charge in [0.2, 0.25) is 5.91 Å². The van der Waals surface area contributed by atoms with Crippen molar-refractivity contribution in [3.8, 4) is 5.75 Å². The molecular weight excluding hydrogens is 360 g/mol. The third-order valence-electron chi connectivity index (χ3n) is 2.97. The number of para-hydroxylation sites is 1. The second-order valence-electron chi connectivity index (χ2n) is 4.69. The quantitative estimate of drug-likeness (QED) is 0.818. The fourth-order valence-corrected chi connectivity index (χ4v) is 2.28. The number of carbonyl (C=O) groups excluding carboxylic acids is 1. The van der Waals surface area contributed by atoms with E-state index in [2.05, 4.69) is 26.6 Å². The monoisotopic (exact) mass is 378 g/mol. The molecule has 2 unspecified atom stereocenters. The van der Waals surface area contributed by atoms with Gasteiger partial charge in [0.15, 0.2) is 0 Å². The van der Waals surface area contributed by atoms with Crippen LogP contribution < -0.4 is 15.4 Å². The molecule has 0 spiro atoms. The standard InChI is InChI=1S/C14H19BrN2O3.ClH/c1-10(20-13-5-3-2-4-11(13)15)8-17-14(18)12-9-19-7-6-16-12;/h2-5,10,12,16H,6-9H2,1H3,(H,17,18);1H. The molecule has 2 N–H and O–H groups in total. The molecule has 1 fully saturated rings. The summed E-state index contributed by atoms with van der Waals surface area (Å²) in [5.74, 6) is 0.723. The Kier molecular flexibility index (Phi) is 8.03. The fourth-order valence-electron chi connectivity index (χ4n) is 1.90. The molecule has 0 aromatic heterocycles. The van der Waals surface area contributed by atoms with Gasteiger partial charge in [0.1, 0.15) is 17.9 Å². The van der Waals surface area contributed by atoms with Crippen molar-refractivity contribution in [1.29, 1.82) is 0 Å². The molecule has 1 heterocycles. The van der Waals surface area contributed by atoms with Crippen molar-refractivity contribution >= 4 is 34.2 Å². The van der Waals surface area contributed by atoms with Gasteiger partial charge in [-0.3, -0.25) is 4.79 Å². The predicted molar refractivity (Wildman–Crippen MR) is 87.1 cm³/mol. The number of ether oxygens (including phenoxy) is 2. The van der Waals surface area contributed by atoms with Gasteiger partial charge in [-0.15, -0.1) is 12.4 Å². The van der Waals surface area contributed by atoms with Gasteiger partial charge in [-0.1, -0.05) is 12.1 Å². The molecule has 1 aromatic rings. The van der Waals surface area contributed by atoms with Crippen molar-refractivity contribution in [3.05, 3.63) is 28.7 Å². The number of amides is 1. The molecule has 2 atom stereocenters. The van der Waals surface area contributed by atoms with Crippen molar-refractivity contribution in [2.45, 2.75) is 19.1 Å². The van der Waals surface area contributed by atoms with E-state index in [4.69, 9.17) is 9.47 Å². The highest BCUT2D eigenvalue weighted by Crippen LogP contribution is 2.24. The Morgan fingerprint density at radius 1 is 1.57 bits per heavy atom. The number of benzene rings is 1. The molecule has 0 radical (unpaired) electrons. The Bertz CT molecular complexity index is 456. The van der Waals surface area contributed by atoms with Crippen molar-refractivity contribution in [2.75, 3.05) is 26.3 Å². The fraction of sp³-hybridized carbons (Fsp3) is 0.500. The lowest BCUT2D eigenvalue weighted by Crippen LogP contribution is -2.52. The van der Waals surface area contributed by atoms with Crippen LogP contribution in [0.3, 0.4) is 0 Å². The van der Waals surface area contributed by atoms with Crippen LogP contribution in [0.15, 0.2) is 28.7 Å². The van der Waals surface area contributed by atoms with Crippen LogP contribution in [-0.2, 0) is 9.53 Å². The molecule has 2 rings (SSSR count). The summed E-state index contributed by atoms with van der Waals surface area (Å²) in [4.78, 5) is 11.9. The maximum atomic E-state index is 11.9. The molecule has 1 aromatic carbocycles. The molecule has 0 saturated carbocycles. The van der Waals surface area contributed by atoms with Crippen LogP contribution in [0.25, 0.3) is 0 Å². The second-order valence-corrected chi connectivity index (χ2v) is 5.54. The zero-order chi connectivity index (χ0) is 14.4. The topological polar surface area (TPSA) is 59.6 Å². The predicted octanol–water partition coefficient (Wildman–Crippen LogP) is 1.74. The number of nitrogens with one attached hydrogen (secondary N) is 2. The molecule has 118 valence electrons. The third kappa shape index (κ3) is 5.82. The Morgan fingerprint density at radius 3 is 3.00 bits per heavy atom. The van der Waals surface area contributed by atoms with Crippen LogP contribution in [0.4, 0.5) is 0 Å². The second kappa shape index (κ2) is 9.25. The number of carbonyl (C=O) groups is 1. The van der Waals surface area contributed by atoms with Gasteiger partial charge in [-0.25, -0.2) is 0 Å². The molecule has 1 saturated heterocycles. The molecule has 1 aliphatic heterocycles. The number of morpholine rings is 1. The summed E-state index contributed by atoms with van der Waals surface area (Å²) >= 11 is 3.43. The number of halogens is 2. The van der Waals surface area contributed by atoms with Crippen LogP contribution in [0.5, 0.6) is 5.75 Å². The maximum absolute atomic E-state index is 11.9. The summed E-state index contributed by atoms with van der Waals surface area (Å²) in [5.41, 5.74) is 0. The van der Waals surface area contributed by atoms with Crippen molar-refractivity contribution < 1.29 is 14.3 Å². The van der Waals surface area contributed by atoms with Crippen molar-refractivity contribution in [1.82, 2.24) is 10.6 Å². The average molecular weight is 380 g/mol. The van der Waals surface area contributed by atoms with Crippen LogP contribution in [0.1, 0.15) is 6.92 Å². The van der Waals surface area contributed by atoms with E-state index in [-0.39, 0.29) is 30.5 Å². The van der Waals surface area contributed by atoms with E-state index in [1.807, 2.05) is 31.2 Å². The molecule has 21 heavy (non-hydrogen) atoms. The smallest absolute Gasteiger partial charge is 0.239 e. The highest BCUT2D eigenvalue weighted by Gasteiger charge is 2.21. The van der Waals surface area contributed by atoms with Gasteiger partial charge in [-0.2, -0.15) is 0 Å². The van der Waals surface area contributed by atoms with Gasteiger partial charge in [0, 0.05) is 6.54 Å². The first-order valence-corrected chi connectivity index (χ1v) is 7.46. The lowest BCUT2D eigenvalue weighted by molar-refractivity contribution is -0.126. The Balaban J connectivity index is 0.00000220. The minimum atomic E-state index is -0.264. The van der Waals surface area contributed by atoms with Gasteiger partial charge < -0.3 is 20.1 Å². The summed E-state index contributed by atoms with van der Waals surface area (Å²) in [6.45, 7) is 4.17. The zero-order valence-corrected chi connectivity index (χ0v) is 14.2. The van der Waals surface area contributed by atoms with E-state index in [0.717, 1.165) is 10.2 Å². The third-order valence-corrected chi connectivity index (χ3v) is 3.62. The van der Waals surface area contributed by atoms with Crippen LogP contribution in [-0.4, -0.2) is 44.4 Å². The van der Waals surface area contributed by atoms with E-state index in [9.17, 15) is 4.79 Å². The van der Waals surface area contributed by atoms with E-state index >= 15 is 0 Å². The zero-order valence-electron chi connectivity index (χ0n) is 11.8. The summed E-state index contributed by atoms with van der Waals surface area (Å²) in [5, 5.41) is 5.99. The lowest BCUT2D eigenvalue weighted by atomic mass is 10.2. The minimum absolute atomic E-state index is 0. The summed E-state index contributed by atoms with van der Waals surface area (Å²) in [7, 11) is 0. The largest absolute Gasteiger partial charge is 0.488 e. The van der Waals surface area contributed by atoms with E-state index in [1.54, 1.807) is 0 Å². The normalized spacial score (nSPS) is 19.2. The summed E-state index contributed by atoms with van der Waals surface area (Å²) < 4.78 is 11.9. The van der Waals surface area contributed by atoms with Gasteiger partial charge in [-0.05, 0) is 35.0 Å². The number of hydrogen-bond donors (Lipinski definition) is 2. The first-order chi connectivity index (χ1) is 9.66. The molecule has 1 aliphatic rings. The van der Waals surface area contributed by atoms with E-state index in [1.165, 1.54) is 0 Å². The Morgan fingerprint density at radius 2 is 2.33 bits per heavy atom. The van der Waals surface area contributed by atoms with Crippen molar-refractivity contribution in [2.24, 2.45) is 0 Å². The Labute approximate surface area is 139 Å². The average Bonchev–Trinajstić information content (AvgIpc) is 2.48. The highest BCUT2D eigenvalue weighted by atomic mass is 79.9. The van der Waals surface area contributed by atoms with Gasteiger partial charge in [0.05, 0.1) is 24.2 Å².